The zero-order valence-electron chi connectivity index (χ0n) is 15.1. The lowest BCUT2D eigenvalue weighted by atomic mass is 9.95. The van der Waals surface area contributed by atoms with Crippen LogP contribution in [0.1, 0.15) is 22.9 Å². The SMILES string of the molecule is O=C1C(=O)N(Cc2ccco2)C(c2cccc(O)c2)C1=C(O)c1ccc(F)cc1. The Kier molecular flexibility index (Phi) is 4.64. The first kappa shape index (κ1) is 18.5. The molecule has 6 nitrogen and oxygen atoms in total. The topological polar surface area (TPSA) is 91.0 Å². The first-order chi connectivity index (χ1) is 14.0. The Morgan fingerprint density at radius 1 is 1.07 bits per heavy atom. The highest BCUT2D eigenvalue weighted by atomic mass is 19.1. The zero-order chi connectivity index (χ0) is 20.5. The number of aliphatic hydroxyl groups excluding tert-OH is 1. The van der Waals surface area contributed by atoms with Crippen molar-refractivity contribution in [3.05, 3.63) is 95.2 Å². The summed E-state index contributed by atoms with van der Waals surface area (Å²) in [7, 11) is 0. The Morgan fingerprint density at radius 2 is 1.83 bits per heavy atom. The molecule has 0 aliphatic carbocycles. The molecule has 1 unspecified atom stereocenters. The molecule has 1 aliphatic heterocycles. The number of Topliss-reactive ketones (excluding diaryl/α,β-unsaturated/α-hetero) is 1. The lowest BCUT2D eigenvalue weighted by Gasteiger charge is -2.24. The first-order valence-corrected chi connectivity index (χ1v) is 8.81. The Bertz CT molecular complexity index is 1100. The summed E-state index contributed by atoms with van der Waals surface area (Å²) >= 11 is 0. The molecule has 1 aromatic heterocycles. The van der Waals surface area contributed by atoms with Gasteiger partial charge in [-0.25, -0.2) is 4.39 Å². The number of ketones is 1. The van der Waals surface area contributed by atoms with E-state index in [0.717, 1.165) is 12.1 Å². The molecular weight excluding hydrogens is 377 g/mol. The van der Waals surface area contributed by atoms with E-state index in [9.17, 15) is 24.2 Å². The van der Waals surface area contributed by atoms with Gasteiger partial charge in [0.15, 0.2) is 0 Å². The lowest BCUT2D eigenvalue weighted by Crippen LogP contribution is -2.29. The molecule has 2 aromatic carbocycles. The number of amides is 1. The van der Waals surface area contributed by atoms with Crippen LogP contribution in [0.25, 0.3) is 5.76 Å². The smallest absolute Gasteiger partial charge is 0.296 e. The largest absolute Gasteiger partial charge is 0.508 e. The normalized spacial score (nSPS) is 18.4. The van der Waals surface area contributed by atoms with Crippen molar-refractivity contribution in [3.8, 4) is 5.75 Å². The fourth-order valence-corrected chi connectivity index (χ4v) is 3.42. The number of nitrogens with zero attached hydrogens (tertiary/aromatic N) is 1. The van der Waals surface area contributed by atoms with Crippen LogP contribution in [0.4, 0.5) is 4.39 Å². The number of carbonyl (C=O) groups is 2. The molecule has 7 heteroatoms. The molecule has 1 aliphatic rings. The maximum atomic E-state index is 13.3. The van der Waals surface area contributed by atoms with Crippen molar-refractivity contribution in [1.82, 2.24) is 4.90 Å². The van der Waals surface area contributed by atoms with Gasteiger partial charge in [0, 0.05) is 5.56 Å². The Labute approximate surface area is 165 Å². The molecular formula is C22H16FNO5. The third-order valence-electron chi connectivity index (χ3n) is 4.75. The summed E-state index contributed by atoms with van der Waals surface area (Å²) in [6.45, 7) is -0.00189. The van der Waals surface area contributed by atoms with Crippen LogP contribution >= 0.6 is 0 Å². The van der Waals surface area contributed by atoms with Crippen molar-refractivity contribution in [2.45, 2.75) is 12.6 Å². The van der Waals surface area contributed by atoms with Crippen LogP contribution in [-0.2, 0) is 16.1 Å². The number of phenols is 1. The molecule has 2 heterocycles. The van der Waals surface area contributed by atoms with Gasteiger partial charge in [-0.05, 0) is 54.1 Å². The second-order valence-corrected chi connectivity index (χ2v) is 6.61. The number of hydrogen-bond acceptors (Lipinski definition) is 5. The van der Waals surface area contributed by atoms with Gasteiger partial charge < -0.3 is 19.5 Å². The van der Waals surface area contributed by atoms with Gasteiger partial charge in [0.2, 0.25) is 0 Å². The van der Waals surface area contributed by atoms with Gasteiger partial charge >= 0.3 is 0 Å². The minimum Gasteiger partial charge on any atom is -0.508 e. The highest BCUT2D eigenvalue weighted by Gasteiger charge is 2.46. The van der Waals surface area contributed by atoms with E-state index in [4.69, 9.17) is 4.42 Å². The number of benzene rings is 2. The summed E-state index contributed by atoms with van der Waals surface area (Å²) in [6, 6.07) is 13.4. The second-order valence-electron chi connectivity index (χ2n) is 6.61. The molecule has 1 atom stereocenters. The highest BCUT2D eigenvalue weighted by molar-refractivity contribution is 6.46. The van der Waals surface area contributed by atoms with Crippen molar-refractivity contribution in [2.24, 2.45) is 0 Å². The number of likely N-dealkylation sites (tertiary alicyclic amines) is 1. The van der Waals surface area contributed by atoms with E-state index in [1.165, 1.54) is 35.4 Å². The number of phenolic OH excluding ortho intramolecular Hbond substituents is 1. The number of aliphatic hydroxyl groups is 1. The third kappa shape index (κ3) is 3.38. The third-order valence-corrected chi connectivity index (χ3v) is 4.75. The van der Waals surface area contributed by atoms with E-state index >= 15 is 0 Å². The average molecular weight is 393 g/mol. The molecule has 0 bridgehead atoms. The average Bonchev–Trinajstić information content (AvgIpc) is 3.30. The van der Waals surface area contributed by atoms with E-state index in [2.05, 4.69) is 0 Å². The van der Waals surface area contributed by atoms with E-state index in [1.54, 1.807) is 24.3 Å². The van der Waals surface area contributed by atoms with Gasteiger partial charge in [0.05, 0.1) is 24.4 Å². The molecule has 146 valence electrons. The molecule has 29 heavy (non-hydrogen) atoms. The molecule has 1 amide bonds. The van der Waals surface area contributed by atoms with Gasteiger partial charge in [0.1, 0.15) is 23.1 Å². The Balaban J connectivity index is 1.87. The summed E-state index contributed by atoms with van der Waals surface area (Å²) in [4.78, 5) is 26.9. The fourth-order valence-electron chi connectivity index (χ4n) is 3.42. The number of hydrogen-bond donors (Lipinski definition) is 2. The molecule has 1 fully saturated rings. The van der Waals surface area contributed by atoms with E-state index in [-0.39, 0.29) is 23.4 Å². The van der Waals surface area contributed by atoms with Crippen LogP contribution in [-0.4, -0.2) is 26.8 Å². The summed E-state index contributed by atoms with van der Waals surface area (Å²) in [5, 5.41) is 20.7. The van der Waals surface area contributed by atoms with Crippen molar-refractivity contribution in [2.75, 3.05) is 0 Å². The summed E-state index contributed by atoms with van der Waals surface area (Å²) in [5.74, 6) is -2.18. The molecule has 0 saturated carbocycles. The molecule has 4 rings (SSSR count). The predicted octanol–water partition coefficient (Wildman–Crippen LogP) is 3.75. The predicted molar refractivity (Wildman–Crippen MR) is 101 cm³/mol. The monoisotopic (exact) mass is 393 g/mol. The summed E-state index contributed by atoms with van der Waals surface area (Å²) in [6.07, 6.45) is 1.45. The number of halogens is 1. The molecule has 2 N–H and O–H groups in total. The molecule has 1 saturated heterocycles. The molecule has 0 spiro atoms. The minimum absolute atomic E-state index is 0.00189. The highest BCUT2D eigenvalue weighted by Crippen LogP contribution is 2.41. The van der Waals surface area contributed by atoms with Crippen LogP contribution < -0.4 is 0 Å². The molecule has 0 radical (unpaired) electrons. The van der Waals surface area contributed by atoms with Crippen LogP contribution in [0.3, 0.4) is 0 Å². The van der Waals surface area contributed by atoms with Gasteiger partial charge in [-0.15, -0.1) is 0 Å². The van der Waals surface area contributed by atoms with Gasteiger partial charge in [-0.2, -0.15) is 0 Å². The Morgan fingerprint density at radius 3 is 2.48 bits per heavy atom. The summed E-state index contributed by atoms with van der Waals surface area (Å²) < 4.78 is 18.6. The number of carbonyl (C=O) groups excluding carboxylic acids is 2. The number of aromatic hydroxyl groups is 1. The number of furan rings is 1. The quantitative estimate of drug-likeness (QED) is 0.400. The van der Waals surface area contributed by atoms with Crippen molar-refractivity contribution in [3.63, 3.8) is 0 Å². The van der Waals surface area contributed by atoms with Crippen LogP contribution in [0.15, 0.2) is 76.9 Å². The summed E-state index contributed by atoms with van der Waals surface area (Å²) in [5.41, 5.74) is 0.505. The van der Waals surface area contributed by atoms with Gasteiger partial charge in [-0.3, -0.25) is 9.59 Å². The van der Waals surface area contributed by atoms with E-state index < -0.39 is 29.3 Å². The standard InChI is InChI=1S/C22H16FNO5/c23-15-8-6-13(7-9-15)20(26)18-19(14-3-1-4-16(25)11-14)24(22(28)21(18)27)12-17-5-2-10-29-17/h1-11,19,25-26H,12H2. The second kappa shape index (κ2) is 7.27. The van der Waals surface area contributed by atoms with Crippen molar-refractivity contribution >= 4 is 17.4 Å². The van der Waals surface area contributed by atoms with Gasteiger partial charge in [0.25, 0.3) is 11.7 Å². The fraction of sp³-hybridized carbons (Fsp3) is 0.0909. The van der Waals surface area contributed by atoms with Crippen molar-refractivity contribution in [1.29, 1.82) is 0 Å². The maximum Gasteiger partial charge on any atom is 0.296 e. The number of rotatable bonds is 4. The zero-order valence-corrected chi connectivity index (χ0v) is 15.1. The van der Waals surface area contributed by atoms with Gasteiger partial charge in [-0.1, -0.05) is 12.1 Å². The van der Waals surface area contributed by atoms with Crippen LogP contribution in [0, 0.1) is 5.82 Å². The first-order valence-electron chi connectivity index (χ1n) is 8.81. The van der Waals surface area contributed by atoms with E-state index in [1.807, 2.05) is 0 Å². The minimum atomic E-state index is -0.947. The maximum absolute atomic E-state index is 13.3. The Hall–Kier alpha value is -3.87. The molecule has 3 aromatic rings. The van der Waals surface area contributed by atoms with E-state index in [0.29, 0.717) is 11.3 Å². The van der Waals surface area contributed by atoms with Crippen LogP contribution in [0.5, 0.6) is 5.75 Å². The van der Waals surface area contributed by atoms with Crippen molar-refractivity contribution < 1.29 is 28.6 Å². The van der Waals surface area contributed by atoms with Crippen LogP contribution in [0.2, 0.25) is 0 Å². The lowest BCUT2D eigenvalue weighted by molar-refractivity contribution is -0.140.